The van der Waals surface area contributed by atoms with Crippen LogP contribution in [0, 0.1) is 0 Å². The van der Waals surface area contributed by atoms with Crippen molar-refractivity contribution in [1.82, 2.24) is 0 Å². The summed E-state index contributed by atoms with van der Waals surface area (Å²) in [5, 5.41) is 7.63. The van der Waals surface area contributed by atoms with Gasteiger partial charge in [-0.2, -0.15) is 0 Å². The van der Waals surface area contributed by atoms with Crippen LogP contribution in [-0.2, 0) is 0 Å². The van der Waals surface area contributed by atoms with Crippen molar-refractivity contribution in [2.75, 3.05) is 0 Å². The van der Waals surface area contributed by atoms with Crippen molar-refractivity contribution < 1.29 is 12.6 Å². The molecule has 1 nitrogen and oxygen atoms in total. The fourth-order valence-electron chi connectivity index (χ4n) is 7.20. The normalized spacial score (nSPS) is 13.6. The highest BCUT2D eigenvalue weighted by atomic mass is 16.3. The van der Waals surface area contributed by atoms with Crippen LogP contribution in [0.3, 0.4) is 0 Å². The second kappa shape index (κ2) is 10.2. The van der Waals surface area contributed by atoms with Gasteiger partial charge in [0, 0.05) is 16.2 Å². The molecule has 10 aromatic rings. The van der Waals surface area contributed by atoms with Gasteiger partial charge in [-0.15, -0.1) is 0 Å². The van der Waals surface area contributed by atoms with Gasteiger partial charge in [0.05, 0.1) is 8.22 Å². The Bertz CT molecular complexity index is 3130. The van der Waals surface area contributed by atoms with Crippen LogP contribution in [0.1, 0.15) is 8.22 Å². The summed E-state index contributed by atoms with van der Waals surface area (Å²) in [6.07, 6.45) is 0. The van der Waals surface area contributed by atoms with Crippen LogP contribution in [-0.4, -0.2) is 0 Å². The van der Waals surface area contributed by atoms with E-state index in [0.717, 1.165) is 65.4 Å². The average molecular weight is 603 g/mol. The van der Waals surface area contributed by atoms with E-state index in [1.54, 1.807) is 24.3 Å². The summed E-state index contributed by atoms with van der Waals surface area (Å²) in [6, 6.07) is 42.4. The molecule has 0 fully saturated rings. The van der Waals surface area contributed by atoms with Gasteiger partial charge in [0.2, 0.25) is 0 Å². The molecule has 10 rings (SSSR count). The number of benzene rings is 9. The smallest absolute Gasteiger partial charge is 0.143 e. The molecule has 0 bridgehead atoms. The van der Waals surface area contributed by atoms with E-state index >= 15 is 0 Å². The molecule has 0 atom stereocenters. The molecular weight excluding hydrogens is 569 g/mol. The van der Waals surface area contributed by atoms with Crippen molar-refractivity contribution in [3.8, 4) is 33.4 Å². The first-order valence-electron chi connectivity index (χ1n) is 18.7. The molecule has 0 aliphatic carbocycles. The highest BCUT2D eigenvalue weighted by Crippen LogP contribution is 2.47. The minimum Gasteiger partial charge on any atom is -0.455 e. The Morgan fingerprint density at radius 1 is 0.383 bits per heavy atom. The van der Waals surface area contributed by atoms with Gasteiger partial charge in [-0.1, -0.05) is 145 Å². The van der Waals surface area contributed by atoms with E-state index in [2.05, 4.69) is 42.5 Å². The van der Waals surface area contributed by atoms with Gasteiger partial charge in [0.15, 0.2) is 0 Å². The summed E-state index contributed by atoms with van der Waals surface area (Å²) >= 11 is 0. The number of furan rings is 1. The summed E-state index contributed by atoms with van der Waals surface area (Å²) in [5.74, 6) is 0. The zero-order valence-corrected chi connectivity index (χ0v) is 25.1. The SMILES string of the molecule is [2H]c1c(-c2c3ccccc3c(-c3cccc4oc5c6ccccc6ccc5c34)c3ccccc23)c([2H])c2c([2H])c([2H])c(-c3ccccc3)c([2H])c2c1[2H]. The summed E-state index contributed by atoms with van der Waals surface area (Å²) in [6.45, 7) is 0. The van der Waals surface area contributed by atoms with Gasteiger partial charge in [0.1, 0.15) is 11.2 Å². The standard InChI is InChI=1S/C46H28O/c1-2-11-29(12-3-1)31-21-22-33-28-34(24-23-32(33)27-31)43-36-15-6-8-17-38(36)44(39-18-9-7-16-37(39)43)40-19-10-20-42-45(40)41-26-25-30-13-4-5-14-35(30)46(41)47-42/h1-28H/i21D,22D,23D,24D,27D,28D. The molecule has 1 heteroatoms. The molecule has 47 heavy (non-hydrogen) atoms. The summed E-state index contributed by atoms with van der Waals surface area (Å²) < 4.78 is 62.3. The number of fused-ring (bicyclic) bond motifs is 8. The van der Waals surface area contributed by atoms with Crippen molar-refractivity contribution >= 4 is 65.0 Å². The lowest BCUT2D eigenvalue weighted by Crippen LogP contribution is -1.91. The molecule has 0 unspecified atom stereocenters. The summed E-state index contributed by atoms with van der Waals surface area (Å²) in [5.41, 5.74) is 5.21. The van der Waals surface area contributed by atoms with Crippen molar-refractivity contribution in [1.29, 1.82) is 0 Å². The molecular formula is C46H28O. The number of hydrogen-bond donors (Lipinski definition) is 0. The highest BCUT2D eigenvalue weighted by Gasteiger charge is 2.21. The molecule has 0 saturated heterocycles. The molecule has 0 amide bonds. The number of rotatable bonds is 3. The van der Waals surface area contributed by atoms with Gasteiger partial charge >= 0.3 is 0 Å². The van der Waals surface area contributed by atoms with Crippen molar-refractivity contribution in [3.05, 3.63) is 170 Å². The van der Waals surface area contributed by atoms with Crippen molar-refractivity contribution in [3.63, 3.8) is 0 Å². The maximum Gasteiger partial charge on any atom is 0.143 e. The third kappa shape index (κ3) is 3.97. The van der Waals surface area contributed by atoms with E-state index in [4.69, 9.17) is 8.53 Å². The highest BCUT2D eigenvalue weighted by molar-refractivity contribution is 6.27. The minimum atomic E-state index is -0.235. The first kappa shape index (κ1) is 20.8. The van der Waals surface area contributed by atoms with Gasteiger partial charge in [-0.25, -0.2) is 0 Å². The van der Waals surface area contributed by atoms with Crippen LogP contribution in [0.15, 0.2) is 174 Å². The fraction of sp³-hybridized carbons (Fsp3) is 0. The van der Waals surface area contributed by atoms with Crippen LogP contribution in [0.25, 0.3) is 98.4 Å². The molecule has 0 aliphatic heterocycles. The molecule has 9 aromatic carbocycles. The molecule has 0 radical (unpaired) electrons. The second-order valence-electron chi connectivity index (χ2n) is 11.9. The number of hydrogen-bond acceptors (Lipinski definition) is 1. The lowest BCUT2D eigenvalue weighted by molar-refractivity contribution is 0.673. The average Bonchev–Trinajstić information content (AvgIpc) is 3.58. The maximum absolute atomic E-state index is 9.63. The quantitative estimate of drug-likeness (QED) is 0.183. The molecule has 0 aliphatic rings. The van der Waals surface area contributed by atoms with Gasteiger partial charge in [-0.3, -0.25) is 0 Å². The molecule has 1 aromatic heterocycles. The second-order valence-corrected chi connectivity index (χ2v) is 11.9. The van der Waals surface area contributed by atoms with E-state index in [-0.39, 0.29) is 58.2 Å². The Morgan fingerprint density at radius 3 is 1.70 bits per heavy atom. The van der Waals surface area contributed by atoms with Crippen molar-refractivity contribution in [2.45, 2.75) is 0 Å². The van der Waals surface area contributed by atoms with E-state index in [0.29, 0.717) is 11.1 Å². The fourth-order valence-corrected chi connectivity index (χ4v) is 7.20. The van der Waals surface area contributed by atoms with E-state index in [1.807, 2.05) is 66.7 Å². The summed E-state index contributed by atoms with van der Waals surface area (Å²) in [7, 11) is 0. The topological polar surface area (TPSA) is 13.1 Å². The molecule has 0 spiro atoms. The van der Waals surface area contributed by atoms with E-state index in [9.17, 15) is 4.11 Å². The monoisotopic (exact) mass is 602 g/mol. The van der Waals surface area contributed by atoms with Gasteiger partial charge in [-0.05, 0) is 95.3 Å². The third-order valence-electron chi connectivity index (χ3n) is 9.28. The van der Waals surface area contributed by atoms with E-state index < -0.39 is 0 Å². The zero-order valence-electron chi connectivity index (χ0n) is 31.1. The first-order valence-corrected chi connectivity index (χ1v) is 15.7. The van der Waals surface area contributed by atoms with Crippen LogP contribution in [0.5, 0.6) is 0 Å². The predicted octanol–water partition coefficient (Wildman–Crippen LogP) is 13.2. The zero-order chi connectivity index (χ0) is 36.1. The molecule has 0 N–H and O–H groups in total. The Hall–Kier alpha value is -6.18. The van der Waals surface area contributed by atoms with Gasteiger partial charge in [0.25, 0.3) is 0 Å². The Balaban J connectivity index is 1.33. The predicted molar refractivity (Wildman–Crippen MR) is 200 cm³/mol. The van der Waals surface area contributed by atoms with Crippen molar-refractivity contribution in [2.24, 2.45) is 0 Å². The summed E-state index contributed by atoms with van der Waals surface area (Å²) in [4.78, 5) is 0. The first-order chi connectivity index (χ1) is 25.8. The van der Waals surface area contributed by atoms with E-state index in [1.165, 1.54) is 0 Å². The third-order valence-corrected chi connectivity index (χ3v) is 9.28. The largest absolute Gasteiger partial charge is 0.455 e. The van der Waals surface area contributed by atoms with Crippen LogP contribution in [0.4, 0.5) is 0 Å². The lowest BCUT2D eigenvalue weighted by atomic mass is 9.84. The maximum atomic E-state index is 9.63. The molecule has 1 heterocycles. The minimum absolute atomic E-state index is 0.0368. The molecule has 218 valence electrons. The van der Waals surface area contributed by atoms with Crippen LogP contribution >= 0.6 is 0 Å². The lowest BCUT2D eigenvalue weighted by Gasteiger charge is -2.18. The van der Waals surface area contributed by atoms with Crippen LogP contribution in [0.2, 0.25) is 0 Å². The Morgan fingerprint density at radius 2 is 0.979 bits per heavy atom. The van der Waals surface area contributed by atoms with Crippen LogP contribution < -0.4 is 0 Å². The van der Waals surface area contributed by atoms with Gasteiger partial charge < -0.3 is 4.42 Å². The Kier molecular flexibility index (Phi) is 4.49. The molecule has 0 saturated carbocycles. The Labute approximate surface area is 280 Å².